The topological polar surface area (TPSA) is 23.9 Å². The summed E-state index contributed by atoms with van der Waals surface area (Å²) >= 11 is 6.61. The van der Waals surface area contributed by atoms with Crippen LogP contribution >= 0.6 is 11.8 Å². The summed E-state index contributed by atoms with van der Waals surface area (Å²) in [5.74, 6) is 0. The number of fused-ring (bicyclic) bond motifs is 1. The highest BCUT2D eigenvalue weighted by Crippen LogP contribution is 2.39. The predicted molar refractivity (Wildman–Crippen MR) is 50.1 cm³/mol. The largest absolute Gasteiger partial charge is 0.778 e. The molecule has 1 unspecified atom stereocenters. The number of rotatable bonds is 0. The summed E-state index contributed by atoms with van der Waals surface area (Å²) < 4.78 is 0. The fourth-order valence-corrected chi connectivity index (χ4v) is 2.45. The van der Waals surface area contributed by atoms with E-state index in [4.69, 9.17) is 18.0 Å². The van der Waals surface area contributed by atoms with E-state index in [1.165, 1.54) is 11.8 Å². The Kier molecular flexibility index (Phi) is 1.69. The predicted octanol–water partition coefficient (Wildman–Crippen LogP) is 2.36. The number of hydrogen-bond acceptors (Lipinski definition) is 3. The van der Waals surface area contributed by atoms with Crippen molar-refractivity contribution in [2.75, 3.05) is 0 Å². The summed E-state index contributed by atoms with van der Waals surface area (Å²) in [5.41, 5.74) is 1.12. The summed E-state index contributed by atoms with van der Waals surface area (Å²) in [6, 6.07) is 7.96. The minimum absolute atomic E-state index is 0.101. The molecule has 3 heteroatoms. The van der Waals surface area contributed by atoms with Crippen LogP contribution in [0.3, 0.4) is 0 Å². The van der Waals surface area contributed by atoms with Crippen LogP contribution < -0.4 is 0 Å². The molecule has 0 saturated carbocycles. The maximum Gasteiger partial charge on any atom is 0.0524 e. The van der Waals surface area contributed by atoms with Gasteiger partial charge in [0.1, 0.15) is 0 Å². The summed E-state index contributed by atoms with van der Waals surface area (Å²) in [6.45, 7) is 0. The van der Waals surface area contributed by atoms with Gasteiger partial charge in [0.15, 0.2) is 0 Å². The minimum atomic E-state index is -0.101. The number of nitrogens with one attached hydrogen (secondary N) is 1. The summed E-state index contributed by atoms with van der Waals surface area (Å²) in [6.07, 6.45) is 0. The molecular weight excluding hydrogens is 174 g/mol. The van der Waals surface area contributed by atoms with Crippen LogP contribution in [-0.4, -0.2) is 5.04 Å². The van der Waals surface area contributed by atoms with Gasteiger partial charge in [-0.05, 0) is 11.6 Å². The summed E-state index contributed by atoms with van der Waals surface area (Å²) in [4.78, 5) is 1.15. The lowest BCUT2D eigenvalue weighted by molar-refractivity contribution is 1.23. The maximum atomic E-state index is 7.50. The molecule has 0 amide bonds. The Labute approximate surface area is 75.1 Å². The molecular formula is C8H6NS2-. The third kappa shape index (κ3) is 1.08. The average molecular weight is 180 g/mol. The molecule has 1 aromatic carbocycles. The highest BCUT2D eigenvalue weighted by atomic mass is 32.2. The first kappa shape index (κ1) is 7.25. The van der Waals surface area contributed by atoms with E-state index in [-0.39, 0.29) is 5.25 Å². The second kappa shape index (κ2) is 2.57. The van der Waals surface area contributed by atoms with Crippen molar-refractivity contribution >= 4 is 29.4 Å². The highest BCUT2D eigenvalue weighted by molar-refractivity contribution is 8.15. The number of benzene rings is 1. The Morgan fingerprint density at radius 1 is 1.36 bits per heavy atom. The van der Waals surface area contributed by atoms with E-state index < -0.39 is 0 Å². The molecule has 0 fully saturated rings. The van der Waals surface area contributed by atoms with Crippen molar-refractivity contribution in [2.24, 2.45) is 0 Å². The molecule has 11 heavy (non-hydrogen) atoms. The average Bonchev–Trinajstić information content (AvgIpc) is 2.30. The van der Waals surface area contributed by atoms with E-state index in [0.717, 1.165) is 10.5 Å². The molecule has 0 aromatic heterocycles. The van der Waals surface area contributed by atoms with Crippen LogP contribution in [-0.2, 0) is 12.6 Å². The standard InChI is InChI=1S/C8H7NS2/c9-8-7(10)5-3-1-2-4-6(5)11-8/h1-4,7,9-10H/p-1. The summed E-state index contributed by atoms with van der Waals surface area (Å²) in [7, 11) is 0. The van der Waals surface area contributed by atoms with Crippen LogP contribution in [0.2, 0.25) is 0 Å². The Balaban J connectivity index is 2.55. The number of hydrogen-bond donors (Lipinski definition) is 1. The normalized spacial score (nSPS) is 21.9. The molecule has 1 aromatic rings. The van der Waals surface area contributed by atoms with Crippen LogP contribution in [0.1, 0.15) is 10.8 Å². The lowest BCUT2D eigenvalue weighted by Gasteiger charge is -2.14. The third-order valence-electron chi connectivity index (χ3n) is 1.66. The van der Waals surface area contributed by atoms with Crippen molar-refractivity contribution in [1.29, 1.82) is 5.41 Å². The first-order chi connectivity index (χ1) is 5.29. The first-order valence-electron chi connectivity index (χ1n) is 3.30. The van der Waals surface area contributed by atoms with Crippen molar-refractivity contribution < 1.29 is 0 Å². The maximum absolute atomic E-state index is 7.50. The SMILES string of the molecule is N=C1Sc2ccccc2C1[S-]. The van der Waals surface area contributed by atoms with Gasteiger partial charge in [0.05, 0.1) is 5.04 Å². The zero-order valence-corrected chi connectivity index (χ0v) is 7.34. The molecule has 0 saturated heterocycles. The van der Waals surface area contributed by atoms with E-state index in [9.17, 15) is 0 Å². The fraction of sp³-hybridized carbons (Fsp3) is 0.125. The molecule has 1 N–H and O–H groups in total. The van der Waals surface area contributed by atoms with E-state index in [1.807, 2.05) is 24.3 Å². The quantitative estimate of drug-likeness (QED) is 0.620. The van der Waals surface area contributed by atoms with E-state index in [2.05, 4.69) is 0 Å². The Morgan fingerprint density at radius 3 is 2.82 bits per heavy atom. The van der Waals surface area contributed by atoms with Gasteiger partial charge in [-0.1, -0.05) is 35.2 Å². The van der Waals surface area contributed by atoms with E-state index >= 15 is 0 Å². The van der Waals surface area contributed by atoms with Crippen LogP contribution in [0.25, 0.3) is 0 Å². The van der Waals surface area contributed by atoms with Gasteiger partial charge in [0, 0.05) is 4.90 Å². The van der Waals surface area contributed by atoms with Crippen molar-refractivity contribution in [2.45, 2.75) is 10.1 Å². The van der Waals surface area contributed by atoms with Crippen molar-refractivity contribution in [1.82, 2.24) is 0 Å². The molecule has 1 heterocycles. The van der Waals surface area contributed by atoms with Gasteiger partial charge in [-0.15, -0.1) is 0 Å². The van der Waals surface area contributed by atoms with Crippen molar-refractivity contribution in [3.63, 3.8) is 0 Å². The van der Waals surface area contributed by atoms with Crippen LogP contribution in [0.5, 0.6) is 0 Å². The van der Waals surface area contributed by atoms with Gasteiger partial charge in [-0.25, -0.2) is 0 Å². The molecule has 56 valence electrons. The van der Waals surface area contributed by atoms with Gasteiger partial charge in [-0.3, -0.25) is 5.41 Å². The van der Waals surface area contributed by atoms with Gasteiger partial charge in [-0.2, -0.15) is 0 Å². The fourth-order valence-electron chi connectivity index (χ4n) is 1.10. The third-order valence-corrected chi connectivity index (χ3v) is 3.35. The molecule has 1 nitrogen and oxygen atoms in total. The van der Waals surface area contributed by atoms with Crippen LogP contribution in [0.15, 0.2) is 29.2 Å². The summed E-state index contributed by atoms with van der Waals surface area (Å²) in [5, 5.41) is 7.98. The Bertz CT molecular complexity index is 309. The van der Waals surface area contributed by atoms with Gasteiger partial charge >= 0.3 is 0 Å². The molecule has 1 aliphatic rings. The molecule has 0 radical (unpaired) electrons. The Morgan fingerprint density at radius 2 is 2.09 bits per heavy atom. The molecule has 0 spiro atoms. The molecule has 0 aliphatic carbocycles. The molecule has 1 aliphatic heterocycles. The first-order valence-corrected chi connectivity index (χ1v) is 4.59. The van der Waals surface area contributed by atoms with Crippen molar-refractivity contribution in [3.05, 3.63) is 29.8 Å². The van der Waals surface area contributed by atoms with Crippen molar-refractivity contribution in [3.8, 4) is 0 Å². The van der Waals surface area contributed by atoms with Gasteiger partial charge < -0.3 is 12.6 Å². The zero-order valence-electron chi connectivity index (χ0n) is 5.70. The molecule has 1 atom stereocenters. The second-order valence-corrected chi connectivity index (χ2v) is 3.94. The zero-order chi connectivity index (χ0) is 7.84. The van der Waals surface area contributed by atoms with Gasteiger partial charge in [0.25, 0.3) is 0 Å². The highest BCUT2D eigenvalue weighted by Gasteiger charge is 2.17. The van der Waals surface area contributed by atoms with Crippen LogP contribution in [0.4, 0.5) is 0 Å². The molecule has 2 rings (SSSR count). The van der Waals surface area contributed by atoms with Gasteiger partial charge in [0.2, 0.25) is 0 Å². The van der Waals surface area contributed by atoms with Crippen LogP contribution in [0, 0.1) is 5.41 Å². The van der Waals surface area contributed by atoms with E-state index in [1.54, 1.807) is 0 Å². The molecule has 0 bridgehead atoms. The monoisotopic (exact) mass is 180 g/mol. The van der Waals surface area contributed by atoms with E-state index in [0.29, 0.717) is 5.04 Å². The Hall–Kier alpha value is -0.410. The smallest absolute Gasteiger partial charge is 0.0524 e. The lowest BCUT2D eigenvalue weighted by Crippen LogP contribution is -1.95. The minimum Gasteiger partial charge on any atom is -0.778 e. The second-order valence-electron chi connectivity index (χ2n) is 2.38. The lowest BCUT2D eigenvalue weighted by atomic mass is 10.2. The number of thioether (sulfide) groups is 1.